The molecular formula is C25H28O2. The minimum absolute atomic E-state index is 0.0467. The molecule has 0 radical (unpaired) electrons. The van der Waals surface area contributed by atoms with Crippen LogP contribution < -0.4 is 0 Å². The van der Waals surface area contributed by atoms with Crippen molar-refractivity contribution < 1.29 is 9.47 Å². The van der Waals surface area contributed by atoms with E-state index < -0.39 is 0 Å². The van der Waals surface area contributed by atoms with Gasteiger partial charge in [-0.15, -0.1) is 0 Å². The SMILES string of the molecule is CC(C)C1C2C=CC(C2)[C@H]1C1O[C@@H](c2ccccc2)[C@H](c2ccccc2)O1. The first-order chi connectivity index (χ1) is 13.2. The molecule has 3 unspecified atom stereocenters. The van der Waals surface area contributed by atoms with Crippen LogP contribution in [0, 0.1) is 29.6 Å². The molecule has 0 amide bonds. The van der Waals surface area contributed by atoms with Crippen LogP contribution in [0.3, 0.4) is 0 Å². The van der Waals surface area contributed by atoms with E-state index in [9.17, 15) is 0 Å². The maximum Gasteiger partial charge on any atom is 0.163 e. The number of hydrogen-bond acceptors (Lipinski definition) is 2. The Morgan fingerprint density at radius 3 is 1.78 bits per heavy atom. The standard InChI is InChI=1S/C25H28O2/c1-16(2)21-19-13-14-20(15-19)22(21)25-26-23(17-9-5-3-6-10-17)24(27-25)18-11-7-4-8-12-18/h3-14,16,19-25H,15H2,1-2H3/t19?,20?,21?,22-,23+,24+/m1/s1. The zero-order valence-electron chi connectivity index (χ0n) is 16.1. The summed E-state index contributed by atoms with van der Waals surface area (Å²) in [5, 5.41) is 0. The van der Waals surface area contributed by atoms with Gasteiger partial charge in [0.2, 0.25) is 0 Å². The van der Waals surface area contributed by atoms with Crippen molar-refractivity contribution in [2.24, 2.45) is 29.6 Å². The van der Waals surface area contributed by atoms with Crippen LogP contribution >= 0.6 is 0 Å². The summed E-state index contributed by atoms with van der Waals surface area (Å²) in [4.78, 5) is 0. The highest BCUT2D eigenvalue weighted by Gasteiger charge is 2.53. The van der Waals surface area contributed by atoms with Crippen LogP contribution in [0.4, 0.5) is 0 Å². The Bertz CT molecular complexity index is 750. The zero-order valence-corrected chi connectivity index (χ0v) is 16.1. The summed E-state index contributed by atoms with van der Waals surface area (Å²) in [6.07, 6.45) is 5.89. The second-order valence-corrected chi connectivity index (χ2v) is 8.65. The van der Waals surface area contributed by atoms with E-state index in [1.165, 1.54) is 17.5 Å². The average molecular weight is 360 g/mol. The van der Waals surface area contributed by atoms with Gasteiger partial charge in [0.15, 0.2) is 6.29 Å². The van der Waals surface area contributed by atoms with Gasteiger partial charge in [-0.05, 0) is 41.2 Å². The number of benzene rings is 2. The topological polar surface area (TPSA) is 18.5 Å². The summed E-state index contributed by atoms with van der Waals surface area (Å²) in [5.74, 6) is 3.04. The van der Waals surface area contributed by atoms with Crippen molar-refractivity contribution in [2.45, 2.75) is 38.8 Å². The van der Waals surface area contributed by atoms with Gasteiger partial charge in [0.05, 0.1) is 0 Å². The molecule has 0 aromatic heterocycles. The van der Waals surface area contributed by atoms with Gasteiger partial charge in [0, 0.05) is 5.92 Å². The second-order valence-electron chi connectivity index (χ2n) is 8.65. The molecule has 1 saturated heterocycles. The van der Waals surface area contributed by atoms with Crippen LogP contribution in [-0.2, 0) is 9.47 Å². The lowest BCUT2D eigenvalue weighted by molar-refractivity contribution is -0.128. The molecule has 2 bridgehead atoms. The van der Waals surface area contributed by atoms with Crippen molar-refractivity contribution in [2.75, 3.05) is 0 Å². The number of fused-ring (bicyclic) bond motifs is 2. The van der Waals surface area contributed by atoms with Gasteiger partial charge < -0.3 is 9.47 Å². The first-order valence-electron chi connectivity index (χ1n) is 10.3. The first-order valence-corrected chi connectivity index (χ1v) is 10.3. The molecule has 2 heteroatoms. The van der Waals surface area contributed by atoms with Gasteiger partial charge in [0.25, 0.3) is 0 Å². The summed E-state index contributed by atoms with van der Waals surface area (Å²) in [5.41, 5.74) is 2.40. The van der Waals surface area contributed by atoms with Gasteiger partial charge >= 0.3 is 0 Å². The lowest BCUT2D eigenvalue weighted by atomic mass is 9.76. The van der Waals surface area contributed by atoms with E-state index in [4.69, 9.17) is 9.47 Å². The maximum absolute atomic E-state index is 6.68. The number of allylic oxidation sites excluding steroid dienone is 2. The molecule has 2 aromatic rings. The van der Waals surface area contributed by atoms with Crippen LogP contribution in [0.1, 0.15) is 43.6 Å². The van der Waals surface area contributed by atoms with E-state index in [1.54, 1.807) is 0 Å². The highest BCUT2D eigenvalue weighted by atomic mass is 16.7. The fourth-order valence-corrected chi connectivity index (χ4v) is 5.66. The minimum atomic E-state index is -0.132. The van der Waals surface area contributed by atoms with Crippen LogP contribution in [-0.4, -0.2) is 6.29 Å². The summed E-state index contributed by atoms with van der Waals surface area (Å²) in [6, 6.07) is 21.1. The third-order valence-corrected chi connectivity index (χ3v) is 6.76. The lowest BCUT2D eigenvalue weighted by Gasteiger charge is -2.34. The fraction of sp³-hybridized carbons (Fsp3) is 0.440. The highest BCUT2D eigenvalue weighted by molar-refractivity contribution is 5.27. The molecule has 3 aliphatic rings. The molecule has 1 aliphatic heterocycles. The Balaban J connectivity index is 1.48. The summed E-state index contributed by atoms with van der Waals surface area (Å²) in [7, 11) is 0. The molecule has 2 nitrogen and oxygen atoms in total. The molecule has 2 aliphatic carbocycles. The molecule has 6 atom stereocenters. The van der Waals surface area contributed by atoms with E-state index in [-0.39, 0.29) is 18.5 Å². The molecular weight excluding hydrogens is 332 g/mol. The highest BCUT2D eigenvalue weighted by Crippen LogP contribution is 2.56. The van der Waals surface area contributed by atoms with Gasteiger partial charge in [-0.1, -0.05) is 86.7 Å². The predicted octanol–water partition coefficient (Wildman–Crippen LogP) is 5.94. The van der Waals surface area contributed by atoms with Crippen molar-refractivity contribution >= 4 is 0 Å². The molecule has 2 fully saturated rings. The summed E-state index contributed by atoms with van der Waals surface area (Å²) >= 11 is 0. The van der Waals surface area contributed by atoms with Gasteiger partial charge in [-0.3, -0.25) is 0 Å². The molecule has 1 heterocycles. The molecule has 2 aromatic carbocycles. The number of hydrogen-bond donors (Lipinski definition) is 0. The first kappa shape index (κ1) is 17.2. The van der Waals surface area contributed by atoms with Gasteiger partial charge in [-0.25, -0.2) is 0 Å². The Kier molecular flexibility index (Phi) is 4.41. The Morgan fingerprint density at radius 1 is 0.741 bits per heavy atom. The Morgan fingerprint density at radius 2 is 1.26 bits per heavy atom. The lowest BCUT2D eigenvalue weighted by Crippen LogP contribution is -2.34. The minimum Gasteiger partial charge on any atom is -0.341 e. The van der Waals surface area contributed by atoms with E-state index in [0.29, 0.717) is 29.6 Å². The Hall–Kier alpha value is -1.90. The van der Waals surface area contributed by atoms with Crippen molar-refractivity contribution in [3.8, 4) is 0 Å². The second kappa shape index (κ2) is 6.92. The van der Waals surface area contributed by atoms with Crippen LogP contribution in [0.5, 0.6) is 0 Å². The molecule has 0 N–H and O–H groups in total. The molecule has 5 rings (SSSR count). The average Bonchev–Trinajstić information content (AvgIpc) is 3.43. The van der Waals surface area contributed by atoms with E-state index >= 15 is 0 Å². The fourth-order valence-electron chi connectivity index (χ4n) is 5.66. The molecule has 1 saturated carbocycles. The summed E-state index contributed by atoms with van der Waals surface area (Å²) in [6.45, 7) is 4.70. The third kappa shape index (κ3) is 2.96. The number of rotatable bonds is 4. The molecule has 0 spiro atoms. The largest absolute Gasteiger partial charge is 0.341 e. The molecule has 140 valence electrons. The van der Waals surface area contributed by atoms with Crippen LogP contribution in [0.15, 0.2) is 72.8 Å². The smallest absolute Gasteiger partial charge is 0.163 e. The normalized spacial score (nSPS) is 35.4. The predicted molar refractivity (Wildman–Crippen MR) is 107 cm³/mol. The van der Waals surface area contributed by atoms with Gasteiger partial charge in [0.1, 0.15) is 12.2 Å². The van der Waals surface area contributed by atoms with E-state index in [1.807, 2.05) is 0 Å². The van der Waals surface area contributed by atoms with Crippen molar-refractivity contribution in [3.63, 3.8) is 0 Å². The van der Waals surface area contributed by atoms with Gasteiger partial charge in [-0.2, -0.15) is 0 Å². The van der Waals surface area contributed by atoms with E-state index in [2.05, 4.69) is 86.7 Å². The van der Waals surface area contributed by atoms with E-state index in [0.717, 1.165) is 0 Å². The van der Waals surface area contributed by atoms with Crippen LogP contribution in [0.25, 0.3) is 0 Å². The molecule has 27 heavy (non-hydrogen) atoms. The zero-order chi connectivity index (χ0) is 18.4. The third-order valence-electron chi connectivity index (χ3n) is 6.76. The van der Waals surface area contributed by atoms with Crippen molar-refractivity contribution in [1.82, 2.24) is 0 Å². The van der Waals surface area contributed by atoms with Crippen LogP contribution in [0.2, 0.25) is 0 Å². The number of ether oxygens (including phenoxy) is 2. The van der Waals surface area contributed by atoms with Crippen molar-refractivity contribution in [3.05, 3.63) is 83.9 Å². The maximum atomic E-state index is 6.68. The monoisotopic (exact) mass is 360 g/mol. The quantitative estimate of drug-likeness (QED) is 0.629. The summed E-state index contributed by atoms with van der Waals surface area (Å²) < 4.78 is 13.4. The Labute approximate surface area is 162 Å². The van der Waals surface area contributed by atoms with Crippen molar-refractivity contribution in [1.29, 1.82) is 0 Å².